The Morgan fingerprint density at radius 3 is 2.59 bits per heavy atom. The molecule has 2 aliphatic rings. The summed E-state index contributed by atoms with van der Waals surface area (Å²) in [6, 6.07) is 9.94. The Labute approximate surface area is 242 Å². The number of likely N-dealkylation sites (N-methyl/N-ethyl adjacent to an activating group) is 2. The van der Waals surface area contributed by atoms with Crippen molar-refractivity contribution in [3.63, 3.8) is 0 Å². The Balaban J connectivity index is 1.47. The van der Waals surface area contributed by atoms with Gasteiger partial charge < -0.3 is 30.5 Å². The molecule has 1 aliphatic heterocycles. The van der Waals surface area contributed by atoms with Crippen molar-refractivity contribution in [3.05, 3.63) is 60.1 Å². The van der Waals surface area contributed by atoms with Crippen molar-refractivity contribution >= 4 is 40.3 Å². The maximum atomic E-state index is 12.2. The van der Waals surface area contributed by atoms with E-state index in [4.69, 9.17) is 20.4 Å². The number of nitrogens with two attached hydrogens (primary N) is 1. The smallest absolute Gasteiger partial charge is 0.248 e. The van der Waals surface area contributed by atoms with E-state index in [1.807, 2.05) is 39.3 Å². The molecule has 3 heterocycles. The lowest BCUT2D eigenvalue weighted by Gasteiger charge is -2.26. The number of benzene rings is 1. The molecule has 0 saturated heterocycles. The van der Waals surface area contributed by atoms with Gasteiger partial charge in [-0.1, -0.05) is 20.4 Å². The number of methoxy groups -OCH3 is 1. The summed E-state index contributed by atoms with van der Waals surface area (Å²) in [7, 11) is 7.61. The third-order valence-electron chi connectivity index (χ3n) is 7.77. The van der Waals surface area contributed by atoms with Gasteiger partial charge in [0, 0.05) is 72.8 Å². The summed E-state index contributed by atoms with van der Waals surface area (Å²) in [6.07, 6.45) is 4.19. The SMILES string of the molecule is C=C(C(N)=O)c1cc(Nc2nccc(N3CC(C)(C)c4nc(C5CC5)ccc43)n2)c(OC)cc1N(C)CCN(C)C. The zero-order chi connectivity index (χ0) is 29.5. The highest BCUT2D eigenvalue weighted by molar-refractivity contribution is 6.19. The van der Waals surface area contributed by atoms with Crippen LogP contribution in [0.3, 0.4) is 0 Å². The number of hydrogen-bond donors (Lipinski definition) is 2. The molecular formula is C31H40N8O2. The third kappa shape index (κ3) is 5.83. The molecule has 10 heteroatoms. The van der Waals surface area contributed by atoms with Crippen molar-refractivity contribution in [1.29, 1.82) is 0 Å². The average Bonchev–Trinajstić information content (AvgIpc) is 3.76. The maximum absolute atomic E-state index is 12.2. The topological polar surface area (TPSA) is 113 Å². The number of rotatable bonds is 11. The number of nitrogens with zero attached hydrogens (tertiary/aromatic N) is 6. The number of amides is 1. The predicted octanol–water partition coefficient (Wildman–Crippen LogP) is 4.43. The van der Waals surface area contributed by atoms with E-state index in [0.717, 1.165) is 42.5 Å². The zero-order valence-corrected chi connectivity index (χ0v) is 24.9. The number of carbonyl (C=O) groups excluding carboxylic acids is 1. The van der Waals surface area contributed by atoms with E-state index in [1.165, 1.54) is 18.5 Å². The molecule has 1 aliphatic carbocycles. The number of pyridine rings is 1. The third-order valence-corrected chi connectivity index (χ3v) is 7.77. The second-order valence-electron chi connectivity index (χ2n) is 11.8. The van der Waals surface area contributed by atoms with Crippen LogP contribution in [0, 0.1) is 0 Å². The molecule has 2 aromatic heterocycles. The quantitative estimate of drug-likeness (QED) is 0.331. The molecule has 1 amide bonds. The van der Waals surface area contributed by atoms with Gasteiger partial charge in [-0.05, 0) is 51.2 Å². The van der Waals surface area contributed by atoms with Crippen molar-refractivity contribution in [1.82, 2.24) is 19.9 Å². The Hall–Kier alpha value is -4.18. The van der Waals surface area contributed by atoms with Crippen LogP contribution in [0.2, 0.25) is 0 Å². The lowest BCUT2D eigenvalue weighted by Crippen LogP contribution is -2.29. The second kappa shape index (κ2) is 11.0. The fraction of sp³-hybridized carbons (Fsp3) is 0.419. The van der Waals surface area contributed by atoms with E-state index < -0.39 is 5.91 Å². The van der Waals surface area contributed by atoms with E-state index in [0.29, 0.717) is 28.9 Å². The number of primary amides is 1. The lowest BCUT2D eigenvalue weighted by molar-refractivity contribution is -0.112. The van der Waals surface area contributed by atoms with Gasteiger partial charge in [0.25, 0.3) is 0 Å². The fourth-order valence-electron chi connectivity index (χ4n) is 5.23. The highest BCUT2D eigenvalue weighted by Crippen LogP contribution is 2.46. The predicted molar refractivity (Wildman–Crippen MR) is 165 cm³/mol. The van der Waals surface area contributed by atoms with E-state index in [-0.39, 0.29) is 11.0 Å². The lowest BCUT2D eigenvalue weighted by atomic mass is 9.91. The van der Waals surface area contributed by atoms with Crippen LogP contribution in [0.15, 0.2) is 43.1 Å². The van der Waals surface area contributed by atoms with Crippen LogP contribution in [0.5, 0.6) is 5.75 Å². The number of ether oxygens (including phenoxy) is 1. The molecule has 3 N–H and O–H groups in total. The molecule has 1 aromatic carbocycles. The van der Waals surface area contributed by atoms with Crippen LogP contribution in [0.1, 0.15) is 49.6 Å². The minimum atomic E-state index is -0.588. The number of carbonyl (C=O) groups is 1. The van der Waals surface area contributed by atoms with Gasteiger partial charge in [0.05, 0.1) is 24.2 Å². The van der Waals surface area contributed by atoms with Gasteiger partial charge >= 0.3 is 0 Å². The molecule has 0 atom stereocenters. The molecule has 0 spiro atoms. The van der Waals surface area contributed by atoms with Gasteiger partial charge in [0.15, 0.2) is 0 Å². The summed E-state index contributed by atoms with van der Waals surface area (Å²) in [5.41, 5.74) is 11.2. The first-order valence-electron chi connectivity index (χ1n) is 13.9. The normalized spacial score (nSPS) is 15.5. The Morgan fingerprint density at radius 1 is 1.17 bits per heavy atom. The standard InChI is InChI=1S/C31H40N8O2/c1-19(29(32)40)21-16-23(26(41-7)17-25(21)38(6)15-14-37(4)5)35-30-33-13-12-27(36-30)39-18-31(2,3)28-24(39)11-10-22(34-28)20-8-9-20/h10-13,16-17,20H,1,8-9,14-15,18H2,2-7H3,(H2,32,40)(H,33,35,36). The maximum Gasteiger partial charge on any atom is 0.248 e. The van der Waals surface area contributed by atoms with Crippen LogP contribution in [-0.4, -0.2) is 73.6 Å². The minimum absolute atomic E-state index is 0.111. The van der Waals surface area contributed by atoms with E-state index in [2.05, 4.69) is 57.6 Å². The molecule has 0 bridgehead atoms. The van der Waals surface area contributed by atoms with E-state index in [1.54, 1.807) is 13.3 Å². The van der Waals surface area contributed by atoms with Gasteiger partial charge in [0.1, 0.15) is 11.6 Å². The first-order chi connectivity index (χ1) is 19.5. The second-order valence-corrected chi connectivity index (χ2v) is 11.8. The number of nitrogens with one attached hydrogen (secondary N) is 1. The minimum Gasteiger partial charge on any atom is -0.494 e. The monoisotopic (exact) mass is 556 g/mol. The highest BCUT2D eigenvalue weighted by atomic mass is 16.5. The number of fused-ring (bicyclic) bond motifs is 1. The summed E-state index contributed by atoms with van der Waals surface area (Å²) < 4.78 is 5.75. The Morgan fingerprint density at radius 2 is 1.93 bits per heavy atom. The van der Waals surface area contributed by atoms with Gasteiger partial charge in [-0.2, -0.15) is 4.98 Å². The molecule has 0 unspecified atom stereocenters. The number of anilines is 5. The van der Waals surface area contributed by atoms with Gasteiger partial charge in [-0.15, -0.1) is 0 Å². The summed E-state index contributed by atoms with van der Waals surface area (Å²) in [5.74, 6) is 1.77. The van der Waals surface area contributed by atoms with E-state index >= 15 is 0 Å². The zero-order valence-electron chi connectivity index (χ0n) is 24.9. The summed E-state index contributed by atoms with van der Waals surface area (Å²) in [6.45, 7) is 10.7. The first kappa shape index (κ1) is 28.4. The molecule has 216 valence electrons. The summed E-state index contributed by atoms with van der Waals surface area (Å²) >= 11 is 0. The van der Waals surface area contributed by atoms with Crippen molar-refractivity contribution < 1.29 is 9.53 Å². The number of aromatic nitrogens is 3. The van der Waals surface area contributed by atoms with Crippen LogP contribution in [0.4, 0.5) is 28.8 Å². The summed E-state index contributed by atoms with van der Waals surface area (Å²) in [5, 5.41) is 3.31. The first-order valence-corrected chi connectivity index (χ1v) is 13.9. The van der Waals surface area contributed by atoms with Crippen LogP contribution in [0.25, 0.3) is 5.57 Å². The van der Waals surface area contributed by atoms with Gasteiger partial charge in [-0.25, -0.2) is 4.98 Å². The van der Waals surface area contributed by atoms with Gasteiger partial charge in [0.2, 0.25) is 11.9 Å². The van der Waals surface area contributed by atoms with Gasteiger partial charge in [-0.3, -0.25) is 9.78 Å². The molecule has 1 fully saturated rings. The summed E-state index contributed by atoms with van der Waals surface area (Å²) in [4.78, 5) is 33.0. The van der Waals surface area contributed by atoms with Crippen molar-refractivity contribution in [3.8, 4) is 5.75 Å². The van der Waals surface area contributed by atoms with E-state index in [9.17, 15) is 4.79 Å². The molecule has 10 nitrogen and oxygen atoms in total. The molecule has 1 saturated carbocycles. The largest absolute Gasteiger partial charge is 0.494 e. The van der Waals surface area contributed by atoms with Crippen LogP contribution >= 0.6 is 0 Å². The molecule has 41 heavy (non-hydrogen) atoms. The average molecular weight is 557 g/mol. The van der Waals surface area contributed by atoms with Crippen molar-refractivity contribution in [2.24, 2.45) is 5.73 Å². The number of hydrogen-bond acceptors (Lipinski definition) is 9. The van der Waals surface area contributed by atoms with Crippen molar-refractivity contribution in [2.75, 3.05) is 63.0 Å². The molecule has 3 aromatic rings. The molecule has 5 rings (SSSR count). The van der Waals surface area contributed by atoms with Crippen LogP contribution < -0.4 is 25.6 Å². The Kier molecular flexibility index (Phi) is 7.61. The highest BCUT2D eigenvalue weighted by Gasteiger charge is 2.39. The Bertz CT molecular complexity index is 1480. The molecular weight excluding hydrogens is 516 g/mol. The molecule has 0 radical (unpaired) electrons. The van der Waals surface area contributed by atoms with Crippen molar-refractivity contribution in [2.45, 2.75) is 38.0 Å². The van der Waals surface area contributed by atoms with Crippen LogP contribution in [-0.2, 0) is 10.2 Å². The fourth-order valence-corrected chi connectivity index (χ4v) is 5.23.